The summed E-state index contributed by atoms with van der Waals surface area (Å²) in [6.07, 6.45) is 1.61. The van der Waals surface area contributed by atoms with E-state index in [0.29, 0.717) is 13.2 Å². The highest BCUT2D eigenvalue weighted by molar-refractivity contribution is 6.01. The summed E-state index contributed by atoms with van der Waals surface area (Å²) in [5.41, 5.74) is 4.03. The predicted octanol–water partition coefficient (Wildman–Crippen LogP) is 3.26. The zero-order valence-corrected chi connectivity index (χ0v) is 20.9. The fourth-order valence-electron chi connectivity index (χ4n) is 4.32. The topological polar surface area (TPSA) is 91.5 Å². The summed E-state index contributed by atoms with van der Waals surface area (Å²) in [7, 11) is 3.50. The van der Waals surface area contributed by atoms with Gasteiger partial charge in [0.1, 0.15) is 11.6 Å². The molecule has 2 heterocycles. The van der Waals surface area contributed by atoms with Gasteiger partial charge in [0.05, 0.1) is 19.8 Å². The van der Waals surface area contributed by atoms with Crippen molar-refractivity contribution >= 4 is 28.4 Å². The van der Waals surface area contributed by atoms with E-state index in [1.165, 1.54) is 5.39 Å². The molecular formula is C28H33N5O3. The summed E-state index contributed by atoms with van der Waals surface area (Å²) >= 11 is 0. The Hall–Kier alpha value is -3.64. The molecule has 0 bridgehead atoms. The molecule has 8 nitrogen and oxygen atoms in total. The van der Waals surface area contributed by atoms with Crippen molar-refractivity contribution < 1.29 is 14.3 Å². The van der Waals surface area contributed by atoms with E-state index in [-0.39, 0.29) is 5.57 Å². The molecule has 1 aromatic heterocycles. The van der Waals surface area contributed by atoms with Crippen molar-refractivity contribution in [2.75, 3.05) is 65.0 Å². The largest absolute Gasteiger partial charge is 0.384 e. The predicted molar refractivity (Wildman–Crippen MR) is 143 cm³/mol. The van der Waals surface area contributed by atoms with Gasteiger partial charge in [-0.25, -0.2) is 0 Å². The van der Waals surface area contributed by atoms with Crippen LogP contribution in [0.3, 0.4) is 0 Å². The number of carbonyl (C=O) groups is 1. The quantitative estimate of drug-likeness (QED) is 0.259. The number of methoxy groups -OCH3 is 1. The Labute approximate surface area is 212 Å². The third-order valence-electron chi connectivity index (χ3n) is 6.41. The maximum absolute atomic E-state index is 12.3. The second-order valence-corrected chi connectivity index (χ2v) is 8.78. The zero-order valence-electron chi connectivity index (χ0n) is 20.9. The summed E-state index contributed by atoms with van der Waals surface area (Å²) in [6, 6.07) is 18.8. The molecule has 0 saturated carbocycles. The van der Waals surface area contributed by atoms with E-state index in [1.54, 1.807) is 13.2 Å². The smallest absolute Gasteiger partial charge is 0.262 e. The minimum Gasteiger partial charge on any atom is -0.384 e. The van der Waals surface area contributed by atoms with E-state index in [1.807, 2.05) is 29.8 Å². The summed E-state index contributed by atoms with van der Waals surface area (Å²) < 4.78 is 12.3. The SMILES string of the molecule is COCCNC(=O)/C(C#N)=C/c1ccc(-c2ccc3cc(NCCN4CCOCC4)ccc3c2)n1C. The maximum Gasteiger partial charge on any atom is 0.262 e. The third-order valence-corrected chi connectivity index (χ3v) is 6.41. The molecule has 0 spiro atoms. The molecule has 188 valence electrons. The fraction of sp³-hybridized carbons (Fsp3) is 0.357. The monoisotopic (exact) mass is 487 g/mol. The van der Waals surface area contributed by atoms with Crippen molar-refractivity contribution in [2.45, 2.75) is 0 Å². The van der Waals surface area contributed by atoms with Crippen LogP contribution in [0.4, 0.5) is 5.69 Å². The maximum atomic E-state index is 12.3. The summed E-state index contributed by atoms with van der Waals surface area (Å²) in [6.45, 7) is 6.30. The Kier molecular flexibility index (Phi) is 8.74. The number of rotatable bonds is 10. The van der Waals surface area contributed by atoms with Crippen LogP contribution in [-0.2, 0) is 21.3 Å². The molecule has 8 heteroatoms. The second-order valence-electron chi connectivity index (χ2n) is 8.78. The van der Waals surface area contributed by atoms with Crippen molar-refractivity contribution in [2.24, 2.45) is 7.05 Å². The van der Waals surface area contributed by atoms with Gasteiger partial charge in [-0.3, -0.25) is 9.69 Å². The van der Waals surface area contributed by atoms with Gasteiger partial charge in [0.2, 0.25) is 0 Å². The van der Waals surface area contributed by atoms with Gasteiger partial charge in [0, 0.05) is 64.0 Å². The first-order valence-electron chi connectivity index (χ1n) is 12.2. The van der Waals surface area contributed by atoms with Gasteiger partial charge >= 0.3 is 0 Å². The lowest BCUT2D eigenvalue weighted by Crippen LogP contribution is -2.38. The molecular weight excluding hydrogens is 454 g/mol. The second kappa shape index (κ2) is 12.4. The van der Waals surface area contributed by atoms with Crippen molar-refractivity contribution in [1.29, 1.82) is 5.26 Å². The van der Waals surface area contributed by atoms with Gasteiger partial charge < -0.3 is 24.7 Å². The molecule has 1 amide bonds. The van der Waals surface area contributed by atoms with Gasteiger partial charge in [-0.2, -0.15) is 5.26 Å². The van der Waals surface area contributed by atoms with E-state index in [9.17, 15) is 10.1 Å². The van der Waals surface area contributed by atoms with Crippen LogP contribution in [0, 0.1) is 11.3 Å². The van der Waals surface area contributed by atoms with Crippen LogP contribution in [0.2, 0.25) is 0 Å². The average Bonchev–Trinajstić information content (AvgIpc) is 3.27. The molecule has 4 rings (SSSR count). The Morgan fingerprint density at radius 2 is 1.89 bits per heavy atom. The molecule has 1 aliphatic rings. The Morgan fingerprint density at radius 3 is 2.67 bits per heavy atom. The number of nitriles is 1. The van der Waals surface area contributed by atoms with Crippen molar-refractivity contribution in [3.8, 4) is 17.3 Å². The molecule has 2 aromatic carbocycles. The number of anilines is 1. The summed E-state index contributed by atoms with van der Waals surface area (Å²) in [5, 5.41) is 18.0. The Morgan fingerprint density at radius 1 is 1.11 bits per heavy atom. The lowest BCUT2D eigenvalue weighted by molar-refractivity contribution is -0.117. The fourth-order valence-corrected chi connectivity index (χ4v) is 4.32. The molecule has 1 aliphatic heterocycles. The Bertz CT molecular complexity index is 1270. The number of nitrogens with one attached hydrogen (secondary N) is 2. The number of hydrogen-bond acceptors (Lipinski definition) is 6. The van der Waals surface area contributed by atoms with E-state index in [2.05, 4.69) is 51.9 Å². The normalized spacial score (nSPS) is 14.5. The number of fused-ring (bicyclic) bond motifs is 1. The number of aromatic nitrogens is 1. The molecule has 0 aliphatic carbocycles. The van der Waals surface area contributed by atoms with Gasteiger partial charge in [-0.05, 0) is 52.7 Å². The highest BCUT2D eigenvalue weighted by atomic mass is 16.5. The number of nitrogens with zero attached hydrogens (tertiary/aromatic N) is 3. The molecule has 1 saturated heterocycles. The minimum atomic E-state index is -0.405. The molecule has 3 aromatic rings. The summed E-state index contributed by atoms with van der Waals surface area (Å²) in [5.74, 6) is -0.405. The van der Waals surface area contributed by atoms with E-state index in [0.717, 1.165) is 67.4 Å². The van der Waals surface area contributed by atoms with Crippen molar-refractivity contribution in [1.82, 2.24) is 14.8 Å². The van der Waals surface area contributed by atoms with Crippen LogP contribution in [0.15, 0.2) is 54.1 Å². The number of morpholine rings is 1. The standard InChI is InChI=1S/C28H33N5O3/c1-32-26(19-24(20-29)28(34)31-10-14-35-2)7-8-27(32)23-4-3-22-18-25(6-5-21(22)17-23)30-9-11-33-12-15-36-16-13-33/h3-8,17-19,30H,9-16H2,1-2H3,(H,31,34)/b24-19+. The van der Waals surface area contributed by atoms with Crippen LogP contribution in [-0.4, -0.2) is 75.0 Å². The van der Waals surface area contributed by atoms with Crippen LogP contribution in [0.5, 0.6) is 0 Å². The molecule has 0 radical (unpaired) electrons. The molecule has 0 atom stereocenters. The molecule has 1 fully saturated rings. The summed E-state index contributed by atoms with van der Waals surface area (Å²) in [4.78, 5) is 14.7. The zero-order chi connectivity index (χ0) is 25.3. The molecule has 0 unspecified atom stereocenters. The number of ether oxygens (including phenoxy) is 2. The first-order chi connectivity index (χ1) is 17.6. The van der Waals surface area contributed by atoms with E-state index < -0.39 is 5.91 Å². The van der Waals surface area contributed by atoms with Crippen LogP contribution < -0.4 is 10.6 Å². The van der Waals surface area contributed by atoms with Gasteiger partial charge in [0.15, 0.2) is 0 Å². The lowest BCUT2D eigenvalue weighted by Gasteiger charge is -2.26. The first kappa shape index (κ1) is 25.5. The van der Waals surface area contributed by atoms with Gasteiger partial charge in [-0.1, -0.05) is 18.2 Å². The number of amides is 1. The minimum absolute atomic E-state index is 0.0611. The molecule has 2 N–H and O–H groups in total. The number of hydrogen-bond donors (Lipinski definition) is 2. The van der Waals surface area contributed by atoms with Crippen LogP contribution in [0.25, 0.3) is 28.1 Å². The van der Waals surface area contributed by atoms with Crippen molar-refractivity contribution in [3.63, 3.8) is 0 Å². The molecule has 36 heavy (non-hydrogen) atoms. The van der Waals surface area contributed by atoms with E-state index >= 15 is 0 Å². The third kappa shape index (κ3) is 6.32. The lowest BCUT2D eigenvalue weighted by atomic mass is 10.0. The number of benzene rings is 2. The number of carbonyl (C=O) groups excluding carboxylic acids is 1. The Balaban J connectivity index is 1.45. The van der Waals surface area contributed by atoms with Crippen LogP contribution in [0.1, 0.15) is 5.69 Å². The van der Waals surface area contributed by atoms with Crippen molar-refractivity contribution in [3.05, 3.63) is 59.8 Å². The first-order valence-corrected chi connectivity index (χ1v) is 12.2. The van der Waals surface area contributed by atoms with E-state index in [4.69, 9.17) is 9.47 Å². The van der Waals surface area contributed by atoms with Crippen LogP contribution >= 0.6 is 0 Å². The van der Waals surface area contributed by atoms with Gasteiger partial charge in [-0.15, -0.1) is 0 Å². The van der Waals surface area contributed by atoms with Gasteiger partial charge in [0.25, 0.3) is 5.91 Å². The highest BCUT2D eigenvalue weighted by Crippen LogP contribution is 2.28. The highest BCUT2D eigenvalue weighted by Gasteiger charge is 2.12. The average molecular weight is 488 g/mol.